The third-order valence-electron chi connectivity index (χ3n) is 3.32. The first-order valence-corrected chi connectivity index (χ1v) is 8.17. The molecule has 0 fully saturated rings. The quantitative estimate of drug-likeness (QED) is 0.468. The van der Waals surface area contributed by atoms with E-state index in [1.165, 1.54) is 10.8 Å². The van der Waals surface area contributed by atoms with Crippen molar-refractivity contribution in [2.24, 2.45) is 4.99 Å². The molecule has 0 aliphatic heterocycles. The van der Waals surface area contributed by atoms with Gasteiger partial charge in [-0.3, -0.25) is 19.3 Å². The van der Waals surface area contributed by atoms with Crippen LogP contribution in [0.3, 0.4) is 0 Å². The van der Waals surface area contributed by atoms with Gasteiger partial charge in [-0.1, -0.05) is 11.6 Å². The number of nitrogens with zero attached hydrogens (tertiary/aromatic N) is 3. The Kier molecular flexibility index (Phi) is 6.30. The van der Waals surface area contributed by atoms with Gasteiger partial charge in [-0.25, -0.2) is 0 Å². The lowest BCUT2D eigenvalue weighted by molar-refractivity contribution is 0.403. The fourth-order valence-electron chi connectivity index (χ4n) is 2.12. The lowest BCUT2D eigenvalue weighted by atomic mass is 10.3. The first-order chi connectivity index (χ1) is 11.4. The summed E-state index contributed by atoms with van der Waals surface area (Å²) in [5.74, 6) is -0.248. The van der Waals surface area contributed by atoms with E-state index < -0.39 is 5.56 Å². The van der Waals surface area contributed by atoms with Crippen LogP contribution >= 0.6 is 23.8 Å². The molecule has 0 aliphatic rings. The first-order valence-electron chi connectivity index (χ1n) is 7.39. The van der Waals surface area contributed by atoms with E-state index >= 15 is 0 Å². The largest absolute Gasteiger partial charge is 0.494 e. The molecule has 0 aliphatic carbocycles. The van der Waals surface area contributed by atoms with Crippen molar-refractivity contribution in [3.05, 3.63) is 50.0 Å². The molecule has 2 rings (SSSR count). The zero-order chi connectivity index (χ0) is 17.7. The smallest absolute Gasteiger partial charge is 0.264 e. The van der Waals surface area contributed by atoms with E-state index in [1.54, 1.807) is 24.3 Å². The van der Waals surface area contributed by atoms with Crippen molar-refractivity contribution in [2.75, 3.05) is 27.2 Å². The summed E-state index contributed by atoms with van der Waals surface area (Å²) < 4.78 is 1.47. The standard InChI is InChI=1S/C16H19ClN4O2S/c1-20(2)9-3-8-18-10-13-14(22)19-16(24)21(15(13)23)12-6-4-11(17)5-7-12/h4-7,10,23H,3,8-9H2,1-2H3,(H,19,22,24). The molecular formula is C16H19ClN4O2S. The number of H-pyrrole nitrogens is 1. The summed E-state index contributed by atoms with van der Waals surface area (Å²) >= 11 is 11.0. The van der Waals surface area contributed by atoms with Gasteiger partial charge in [0.1, 0.15) is 5.56 Å². The maximum absolute atomic E-state index is 12.1. The van der Waals surface area contributed by atoms with Crippen LogP contribution in [-0.4, -0.2) is 53.0 Å². The topological polar surface area (TPSA) is 73.6 Å². The fraction of sp³-hybridized carbons (Fsp3) is 0.312. The first kappa shape index (κ1) is 18.4. The second kappa shape index (κ2) is 8.23. The van der Waals surface area contributed by atoms with Crippen LogP contribution in [0.4, 0.5) is 0 Å². The van der Waals surface area contributed by atoms with E-state index in [9.17, 15) is 9.90 Å². The normalized spacial score (nSPS) is 11.5. The predicted octanol–water partition coefficient (Wildman–Crippen LogP) is 2.62. The van der Waals surface area contributed by atoms with Gasteiger partial charge in [0.05, 0.1) is 5.69 Å². The zero-order valence-electron chi connectivity index (χ0n) is 13.5. The maximum atomic E-state index is 12.1. The number of rotatable bonds is 6. The summed E-state index contributed by atoms with van der Waals surface area (Å²) in [4.78, 5) is 20.9. The Hall–Kier alpha value is -1.96. The zero-order valence-corrected chi connectivity index (χ0v) is 15.1. The molecule has 8 heteroatoms. The minimum absolute atomic E-state index is 0.0726. The molecule has 2 aromatic rings. The molecule has 2 N–H and O–H groups in total. The van der Waals surface area contributed by atoms with Crippen molar-refractivity contribution in [1.82, 2.24) is 14.5 Å². The summed E-state index contributed by atoms with van der Waals surface area (Å²) in [6.45, 7) is 1.46. The Morgan fingerprint density at radius 1 is 1.38 bits per heavy atom. The molecule has 0 spiro atoms. The average Bonchev–Trinajstić information content (AvgIpc) is 2.51. The van der Waals surface area contributed by atoms with E-state index in [1.807, 2.05) is 14.1 Å². The summed E-state index contributed by atoms with van der Waals surface area (Å²) in [5, 5.41) is 11.0. The van der Waals surface area contributed by atoms with Gasteiger partial charge in [0.15, 0.2) is 4.77 Å². The van der Waals surface area contributed by atoms with E-state index in [0.717, 1.165) is 13.0 Å². The molecule has 1 aromatic carbocycles. The highest BCUT2D eigenvalue weighted by Crippen LogP contribution is 2.20. The van der Waals surface area contributed by atoms with Gasteiger partial charge in [0.2, 0.25) is 5.88 Å². The van der Waals surface area contributed by atoms with Crippen molar-refractivity contribution in [3.63, 3.8) is 0 Å². The molecule has 0 saturated heterocycles. The van der Waals surface area contributed by atoms with E-state index in [0.29, 0.717) is 17.3 Å². The van der Waals surface area contributed by atoms with Crippen molar-refractivity contribution in [1.29, 1.82) is 0 Å². The number of aromatic amines is 1. The Labute approximate surface area is 150 Å². The second-order valence-electron chi connectivity index (χ2n) is 5.50. The Balaban J connectivity index is 2.34. The highest BCUT2D eigenvalue weighted by atomic mass is 35.5. The van der Waals surface area contributed by atoms with Gasteiger partial charge in [-0.15, -0.1) is 0 Å². The highest BCUT2D eigenvalue weighted by Gasteiger charge is 2.12. The maximum Gasteiger partial charge on any atom is 0.264 e. The Morgan fingerprint density at radius 2 is 2.04 bits per heavy atom. The van der Waals surface area contributed by atoms with Crippen LogP contribution in [0.2, 0.25) is 5.02 Å². The van der Waals surface area contributed by atoms with Crippen molar-refractivity contribution < 1.29 is 5.11 Å². The number of hydrogen-bond acceptors (Lipinski definition) is 5. The van der Waals surface area contributed by atoms with Gasteiger partial charge in [0.25, 0.3) is 5.56 Å². The van der Waals surface area contributed by atoms with Crippen LogP contribution in [0, 0.1) is 4.77 Å². The molecule has 6 nitrogen and oxygen atoms in total. The van der Waals surface area contributed by atoms with Crippen LogP contribution < -0.4 is 5.56 Å². The number of aromatic hydroxyl groups is 1. The molecule has 0 amide bonds. The van der Waals surface area contributed by atoms with Crippen molar-refractivity contribution >= 4 is 30.0 Å². The van der Waals surface area contributed by atoms with Crippen LogP contribution in [-0.2, 0) is 0 Å². The molecule has 0 radical (unpaired) electrons. The molecular weight excluding hydrogens is 348 g/mol. The number of hydrogen-bond donors (Lipinski definition) is 2. The number of halogens is 1. The molecule has 0 saturated carbocycles. The van der Waals surface area contributed by atoms with Crippen LogP contribution in [0.15, 0.2) is 34.1 Å². The van der Waals surface area contributed by atoms with Crippen molar-refractivity contribution in [3.8, 4) is 11.6 Å². The predicted molar refractivity (Wildman–Crippen MR) is 99.5 cm³/mol. The highest BCUT2D eigenvalue weighted by molar-refractivity contribution is 7.71. The molecule has 1 aromatic heterocycles. The van der Waals surface area contributed by atoms with Crippen LogP contribution in [0.1, 0.15) is 12.0 Å². The molecule has 1 heterocycles. The molecule has 128 valence electrons. The summed E-state index contributed by atoms with van der Waals surface area (Å²) in [7, 11) is 3.97. The number of aromatic nitrogens is 2. The lowest BCUT2D eigenvalue weighted by Gasteiger charge is -2.11. The van der Waals surface area contributed by atoms with Gasteiger partial charge >= 0.3 is 0 Å². The lowest BCUT2D eigenvalue weighted by Crippen LogP contribution is -2.18. The third kappa shape index (κ3) is 4.53. The number of nitrogens with one attached hydrogen (secondary N) is 1. The minimum atomic E-state index is -0.473. The van der Waals surface area contributed by atoms with Crippen molar-refractivity contribution in [2.45, 2.75) is 6.42 Å². The van der Waals surface area contributed by atoms with Gasteiger partial charge < -0.3 is 10.0 Å². The number of benzene rings is 1. The minimum Gasteiger partial charge on any atom is -0.494 e. The van der Waals surface area contributed by atoms with E-state index in [4.69, 9.17) is 23.8 Å². The van der Waals surface area contributed by atoms with E-state index in [-0.39, 0.29) is 16.2 Å². The molecule has 24 heavy (non-hydrogen) atoms. The molecule has 0 bridgehead atoms. The number of aliphatic imine (C=N–C) groups is 1. The van der Waals surface area contributed by atoms with Crippen LogP contribution in [0.25, 0.3) is 5.69 Å². The van der Waals surface area contributed by atoms with Gasteiger partial charge in [-0.05, 0) is 63.5 Å². The van der Waals surface area contributed by atoms with E-state index in [2.05, 4.69) is 14.9 Å². The fourth-order valence-corrected chi connectivity index (χ4v) is 2.53. The SMILES string of the molecule is CN(C)CCCN=Cc1c(O)n(-c2ccc(Cl)cc2)c(=S)[nH]c1=O. The van der Waals surface area contributed by atoms with Gasteiger partial charge in [-0.2, -0.15) is 0 Å². The molecule has 0 unspecified atom stereocenters. The summed E-state index contributed by atoms with van der Waals surface area (Å²) in [5.41, 5.74) is 0.197. The average molecular weight is 367 g/mol. The Bertz CT molecular complexity index is 841. The summed E-state index contributed by atoms with van der Waals surface area (Å²) in [6.07, 6.45) is 2.24. The second-order valence-corrected chi connectivity index (χ2v) is 6.32. The summed E-state index contributed by atoms with van der Waals surface area (Å²) in [6, 6.07) is 6.76. The third-order valence-corrected chi connectivity index (χ3v) is 3.86. The van der Waals surface area contributed by atoms with Crippen LogP contribution in [0.5, 0.6) is 5.88 Å². The Morgan fingerprint density at radius 3 is 2.67 bits per heavy atom. The monoisotopic (exact) mass is 366 g/mol. The molecule has 0 atom stereocenters. The van der Waals surface area contributed by atoms with Gasteiger partial charge in [0, 0.05) is 17.8 Å².